The van der Waals surface area contributed by atoms with Crippen LogP contribution in [0.25, 0.3) is 0 Å². The molecular formula is C8H14Si. The molecule has 0 aromatic heterocycles. The van der Waals surface area contributed by atoms with Gasteiger partial charge in [0, 0.05) is 9.52 Å². The summed E-state index contributed by atoms with van der Waals surface area (Å²) >= 11 is 0. The Morgan fingerprint density at radius 1 is 1.00 bits per heavy atom. The number of allylic oxidation sites excluding steroid dienone is 4. The molecule has 0 atom stereocenters. The minimum Gasteiger partial charge on any atom is -0.0920 e. The van der Waals surface area contributed by atoms with Crippen molar-refractivity contribution in [2.75, 3.05) is 0 Å². The monoisotopic (exact) mass is 138 g/mol. The molecule has 0 aliphatic heterocycles. The van der Waals surface area contributed by atoms with Crippen molar-refractivity contribution >= 4 is 9.52 Å². The van der Waals surface area contributed by atoms with Crippen LogP contribution in [0.5, 0.6) is 0 Å². The molecule has 0 amide bonds. The van der Waals surface area contributed by atoms with Gasteiger partial charge in [0.25, 0.3) is 0 Å². The SMILES string of the molecule is C/C=C\C[Si]C/C=C\C. The highest BCUT2D eigenvalue weighted by molar-refractivity contribution is 6.36. The summed E-state index contributed by atoms with van der Waals surface area (Å²) in [6.07, 6.45) is 8.68. The summed E-state index contributed by atoms with van der Waals surface area (Å²) in [6, 6.07) is 2.50. The predicted molar refractivity (Wildman–Crippen MR) is 45.0 cm³/mol. The molecule has 0 heterocycles. The molecule has 0 N–H and O–H groups in total. The van der Waals surface area contributed by atoms with E-state index in [0.29, 0.717) is 0 Å². The quantitative estimate of drug-likeness (QED) is 0.318. The lowest BCUT2D eigenvalue weighted by molar-refractivity contribution is 1.53. The predicted octanol–water partition coefficient (Wildman–Crippen LogP) is 2.68. The first-order valence-corrected chi connectivity index (χ1v) is 4.76. The largest absolute Gasteiger partial charge is 0.0920 e. The summed E-state index contributed by atoms with van der Waals surface area (Å²) in [5.74, 6) is 0. The Morgan fingerprint density at radius 2 is 1.44 bits per heavy atom. The Kier molecular flexibility index (Phi) is 7.44. The van der Waals surface area contributed by atoms with Crippen molar-refractivity contribution in [2.24, 2.45) is 0 Å². The molecule has 2 radical (unpaired) electrons. The minimum atomic E-state index is 1.07. The van der Waals surface area contributed by atoms with Crippen molar-refractivity contribution in [3.05, 3.63) is 24.3 Å². The Labute approximate surface area is 60.5 Å². The Hall–Kier alpha value is -0.303. The fourth-order valence-corrected chi connectivity index (χ4v) is 1.46. The highest BCUT2D eigenvalue weighted by Gasteiger charge is 1.78. The van der Waals surface area contributed by atoms with E-state index in [1.165, 1.54) is 12.1 Å². The van der Waals surface area contributed by atoms with E-state index in [-0.39, 0.29) is 0 Å². The topological polar surface area (TPSA) is 0 Å². The van der Waals surface area contributed by atoms with Crippen molar-refractivity contribution < 1.29 is 0 Å². The highest BCUT2D eigenvalue weighted by atomic mass is 28.2. The van der Waals surface area contributed by atoms with Crippen LogP contribution in [0.2, 0.25) is 12.1 Å². The fourth-order valence-electron chi connectivity index (χ4n) is 0.486. The Balaban J connectivity index is 2.91. The molecule has 0 rings (SSSR count). The maximum absolute atomic E-state index is 2.22. The molecule has 0 aliphatic rings. The third kappa shape index (κ3) is 7.70. The second-order valence-electron chi connectivity index (χ2n) is 1.80. The van der Waals surface area contributed by atoms with Crippen molar-refractivity contribution in [1.29, 1.82) is 0 Å². The van der Waals surface area contributed by atoms with Crippen molar-refractivity contribution in [3.8, 4) is 0 Å². The molecule has 0 nitrogen and oxygen atoms in total. The molecule has 9 heavy (non-hydrogen) atoms. The van der Waals surface area contributed by atoms with Gasteiger partial charge in [-0.25, -0.2) is 0 Å². The zero-order valence-electron chi connectivity index (χ0n) is 6.22. The molecule has 0 saturated carbocycles. The first-order chi connectivity index (χ1) is 4.41. The smallest absolute Gasteiger partial charge is 0.0462 e. The van der Waals surface area contributed by atoms with E-state index in [0.717, 1.165) is 9.52 Å². The van der Waals surface area contributed by atoms with Gasteiger partial charge in [0.15, 0.2) is 0 Å². The van der Waals surface area contributed by atoms with Gasteiger partial charge < -0.3 is 0 Å². The van der Waals surface area contributed by atoms with E-state index in [4.69, 9.17) is 0 Å². The molecule has 0 aromatic carbocycles. The molecule has 0 saturated heterocycles. The van der Waals surface area contributed by atoms with Crippen LogP contribution >= 0.6 is 0 Å². The van der Waals surface area contributed by atoms with Crippen LogP contribution in [0, 0.1) is 0 Å². The summed E-state index contributed by atoms with van der Waals surface area (Å²) in [7, 11) is 1.07. The molecule has 0 bridgehead atoms. The van der Waals surface area contributed by atoms with E-state index in [1.54, 1.807) is 0 Å². The van der Waals surface area contributed by atoms with Gasteiger partial charge in [-0.2, -0.15) is 0 Å². The van der Waals surface area contributed by atoms with Gasteiger partial charge in [0.2, 0.25) is 0 Å². The van der Waals surface area contributed by atoms with Gasteiger partial charge in [-0.15, -0.1) is 0 Å². The van der Waals surface area contributed by atoms with Gasteiger partial charge >= 0.3 is 0 Å². The van der Waals surface area contributed by atoms with Crippen molar-refractivity contribution in [3.63, 3.8) is 0 Å². The van der Waals surface area contributed by atoms with E-state index in [9.17, 15) is 0 Å². The zero-order valence-corrected chi connectivity index (χ0v) is 7.22. The summed E-state index contributed by atoms with van der Waals surface area (Å²) in [5.41, 5.74) is 0. The standard InChI is InChI=1S/C8H14Si/c1-3-5-7-9-8-6-4-2/h3-6H,7-8H2,1-2H3/b5-3-,6-4-. The van der Waals surface area contributed by atoms with E-state index in [1.807, 2.05) is 0 Å². The minimum absolute atomic E-state index is 1.07. The lowest BCUT2D eigenvalue weighted by Gasteiger charge is -1.85. The average molecular weight is 138 g/mol. The lowest BCUT2D eigenvalue weighted by Crippen LogP contribution is -1.81. The van der Waals surface area contributed by atoms with Crippen LogP contribution in [-0.4, -0.2) is 9.52 Å². The highest BCUT2D eigenvalue weighted by Crippen LogP contribution is 1.88. The molecule has 0 aromatic rings. The fraction of sp³-hybridized carbons (Fsp3) is 0.500. The van der Waals surface area contributed by atoms with E-state index >= 15 is 0 Å². The van der Waals surface area contributed by atoms with E-state index in [2.05, 4.69) is 38.2 Å². The Bertz CT molecular complexity index is 80.7. The molecular weight excluding hydrogens is 124 g/mol. The first-order valence-electron chi connectivity index (χ1n) is 3.34. The van der Waals surface area contributed by atoms with Crippen LogP contribution in [-0.2, 0) is 0 Å². The average Bonchev–Trinajstić information content (AvgIpc) is 1.89. The normalized spacial score (nSPS) is 11.8. The lowest BCUT2D eigenvalue weighted by atomic mass is 10.6. The zero-order chi connectivity index (χ0) is 6.95. The van der Waals surface area contributed by atoms with E-state index < -0.39 is 0 Å². The second kappa shape index (κ2) is 7.70. The molecule has 0 spiro atoms. The number of hydrogen-bond acceptors (Lipinski definition) is 0. The maximum Gasteiger partial charge on any atom is 0.0462 e. The van der Waals surface area contributed by atoms with Crippen molar-refractivity contribution in [1.82, 2.24) is 0 Å². The van der Waals surface area contributed by atoms with Crippen LogP contribution in [0.3, 0.4) is 0 Å². The van der Waals surface area contributed by atoms with Crippen LogP contribution < -0.4 is 0 Å². The summed E-state index contributed by atoms with van der Waals surface area (Å²) in [6.45, 7) is 4.14. The summed E-state index contributed by atoms with van der Waals surface area (Å²) in [4.78, 5) is 0. The summed E-state index contributed by atoms with van der Waals surface area (Å²) < 4.78 is 0. The number of rotatable bonds is 4. The van der Waals surface area contributed by atoms with Gasteiger partial charge in [-0.1, -0.05) is 24.3 Å². The van der Waals surface area contributed by atoms with Gasteiger partial charge in [0.1, 0.15) is 0 Å². The molecule has 1 heteroatoms. The van der Waals surface area contributed by atoms with Crippen LogP contribution in [0.1, 0.15) is 13.8 Å². The molecule has 0 unspecified atom stereocenters. The molecule has 0 fully saturated rings. The van der Waals surface area contributed by atoms with Gasteiger partial charge in [-0.3, -0.25) is 0 Å². The first kappa shape index (κ1) is 8.70. The van der Waals surface area contributed by atoms with Crippen LogP contribution in [0.4, 0.5) is 0 Å². The van der Waals surface area contributed by atoms with Gasteiger partial charge in [-0.05, 0) is 25.9 Å². The third-order valence-electron chi connectivity index (χ3n) is 0.996. The second-order valence-corrected chi connectivity index (χ2v) is 3.11. The van der Waals surface area contributed by atoms with Crippen LogP contribution in [0.15, 0.2) is 24.3 Å². The van der Waals surface area contributed by atoms with Crippen molar-refractivity contribution in [2.45, 2.75) is 25.9 Å². The molecule has 0 aliphatic carbocycles. The van der Waals surface area contributed by atoms with Gasteiger partial charge in [0.05, 0.1) is 0 Å². The third-order valence-corrected chi connectivity index (χ3v) is 2.04. The number of hydrogen-bond donors (Lipinski definition) is 0. The maximum atomic E-state index is 2.22. The Morgan fingerprint density at radius 3 is 1.78 bits per heavy atom. The summed E-state index contributed by atoms with van der Waals surface area (Å²) in [5, 5.41) is 0. The molecule has 50 valence electrons.